The number of hydrogen-bond acceptors (Lipinski definition) is 4. The van der Waals surface area contributed by atoms with Crippen molar-refractivity contribution < 1.29 is 14.3 Å². The van der Waals surface area contributed by atoms with Crippen LogP contribution in [0.2, 0.25) is 0 Å². The summed E-state index contributed by atoms with van der Waals surface area (Å²) in [6.07, 6.45) is 1.24. The highest BCUT2D eigenvalue weighted by Crippen LogP contribution is 2.27. The van der Waals surface area contributed by atoms with Crippen LogP contribution in [0.15, 0.2) is 42.5 Å². The summed E-state index contributed by atoms with van der Waals surface area (Å²) in [7, 11) is 0. The fraction of sp³-hybridized carbons (Fsp3) is 0.300. The number of morpholine rings is 1. The van der Waals surface area contributed by atoms with Gasteiger partial charge in [0.25, 0.3) is 5.91 Å². The average Bonchev–Trinajstić information content (AvgIpc) is 2.68. The number of anilines is 3. The standard InChI is InChI=1S/C20H21N3O3/c24-19-8-6-14-5-7-15(13-17(14)22-19)21-20(25)16-3-1-2-4-18(16)23-9-11-26-12-10-23/h1-5,7,13H,6,8-12H2,(H,21,25)(H,22,24). The third-order valence-corrected chi connectivity index (χ3v) is 4.76. The van der Waals surface area contributed by atoms with E-state index in [9.17, 15) is 9.59 Å². The van der Waals surface area contributed by atoms with Crippen LogP contribution in [0.3, 0.4) is 0 Å². The molecule has 2 aliphatic rings. The Morgan fingerprint density at radius 1 is 1.08 bits per heavy atom. The first-order valence-electron chi connectivity index (χ1n) is 8.86. The largest absolute Gasteiger partial charge is 0.378 e. The maximum absolute atomic E-state index is 12.9. The molecule has 0 bridgehead atoms. The number of aryl methyl sites for hydroxylation is 1. The van der Waals surface area contributed by atoms with Crippen molar-refractivity contribution in [3.05, 3.63) is 53.6 Å². The van der Waals surface area contributed by atoms with Gasteiger partial charge in [0, 0.05) is 36.6 Å². The molecule has 0 aromatic heterocycles. The van der Waals surface area contributed by atoms with Gasteiger partial charge in [-0.1, -0.05) is 18.2 Å². The lowest BCUT2D eigenvalue weighted by molar-refractivity contribution is -0.116. The molecule has 1 saturated heterocycles. The monoisotopic (exact) mass is 351 g/mol. The number of benzene rings is 2. The summed E-state index contributed by atoms with van der Waals surface area (Å²) in [5.41, 5.74) is 4.10. The first-order valence-corrected chi connectivity index (χ1v) is 8.86. The van der Waals surface area contributed by atoms with E-state index in [1.165, 1.54) is 0 Å². The molecule has 2 N–H and O–H groups in total. The number of fused-ring (bicyclic) bond motifs is 1. The first kappa shape index (κ1) is 16.6. The van der Waals surface area contributed by atoms with Crippen molar-refractivity contribution in [3.8, 4) is 0 Å². The number of carbonyl (C=O) groups is 2. The zero-order valence-electron chi connectivity index (χ0n) is 14.5. The Kier molecular flexibility index (Phi) is 4.58. The molecular weight excluding hydrogens is 330 g/mol. The number of amides is 2. The lowest BCUT2D eigenvalue weighted by Gasteiger charge is -2.30. The van der Waals surface area contributed by atoms with E-state index in [1.807, 2.05) is 42.5 Å². The number of ether oxygens (including phenoxy) is 1. The first-order chi connectivity index (χ1) is 12.7. The molecule has 0 atom stereocenters. The number of para-hydroxylation sites is 1. The Morgan fingerprint density at radius 3 is 2.73 bits per heavy atom. The van der Waals surface area contributed by atoms with Gasteiger partial charge in [-0.15, -0.1) is 0 Å². The van der Waals surface area contributed by atoms with Crippen molar-refractivity contribution in [1.29, 1.82) is 0 Å². The molecule has 0 unspecified atom stereocenters. The molecule has 6 nitrogen and oxygen atoms in total. The van der Waals surface area contributed by atoms with Crippen LogP contribution in [0.1, 0.15) is 22.3 Å². The molecule has 1 fully saturated rings. The molecule has 2 aliphatic heterocycles. The van der Waals surface area contributed by atoms with Gasteiger partial charge < -0.3 is 20.3 Å². The fourth-order valence-electron chi connectivity index (χ4n) is 3.39. The topological polar surface area (TPSA) is 70.7 Å². The molecule has 2 aromatic rings. The summed E-state index contributed by atoms with van der Waals surface area (Å²) < 4.78 is 5.40. The van der Waals surface area contributed by atoms with Crippen molar-refractivity contribution in [2.45, 2.75) is 12.8 Å². The van der Waals surface area contributed by atoms with Crippen molar-refractivity contribution in [1.82, 2.24) is 0 Å². The third kappa shape index (κ3) is 3.41. The molecule has 26 heavy (non-hydrogen) atoms. The van der Waals surface area contributed by atoms with Crippen molar-refractivity contribution in [2.75, 3.05) is 41.8 Å². The summed E-state index contributed by atoms with van der Waals surface area (Å²) in [4.78, 5) is 26.6. The van der Waals surface area contributed by atoms with Crippen LogP contribution < -0.4 is 15.5 Å². The van der Waals surface area contributed by atoms with Gasteiger partial charge in [0.15, 0.2) is 0 Å². The minimum atomic E-state index is -0.158. The van der Waals surface area contributed by atoms with E-state index in [0.29, 0.717) is 30.9 Å². The zero-order chi connectivity index (χ0) is 17.9. The predicted molar refractivity (Wildman–Crippen MR) is 101 cm³/mol. The van der Waals surface area contributed by atoms with E-state index in [0.717, 1.165) is 36.4 Å². The molecular formula is C20H21N3O3. The maximum atomic E-state index is 12.9. The van der Waals surface area contributed by atoms with E-state index in [1.54, 1.807) is 0 Å². The Hall–Kier alpha value is -2.86. The van der Waals surface area contributed by atoms with Crippen LogP contribution in [0.5, 0.6) is 0 Å². The summed E-state index contributed by atoms with van der Waals surface area (Å²) in [6.45, 7) is 2.88. The van der Waals surface area contributed by atoms with Crippen molar-refractivity contribution in [3.63, 3.8) is 0 Å². The Bertz CT molecular complexity index is 844. The van der Waals surface area contributed by atoms with E-state index in [-0.39, 0.29) is 11.8 Å². The quantitative estimate of drug-likeness (QED) is 0.892. The van der Waals surface area contributed by atoms with Gasteiger partial charge in [-0.25, -0.2) is 0 Å². The van der Waals surface area contributed by atoms with E-state index < -0.39 is 0 Å². The number of rotatable bonds is 3. The Labute approximate surface area is 152 Å². The number of carbonyl (C=O) groups excluding carboxylic acids is 2. The maximum Gasteiger partial charge on any atom is 0.257 e. The predicted octanol–water partition coefficient (Wildman–Crippen LogP) is 2.66. The fourth-order valence-corrected chi connectivity index (χ4v) is 3.39. The van der Waals surface area contributed by atoms with Crippen LogP contribution in [0.4, 0.5) is 17.1 Å². The van der Waals surface area contributed by atoms with Crippen LogP contribution in [0, 0.1) is 0 Å². The Balaban J connectivity index is 1.55. The molecule has 2 heterocycles. The van der Waals surface area contributed by atoms with Gasteiger partial charge in [-0.2, -0.15) is 0 Å². The smallest absolute Gasteiger partial charge is 0.257 e. The molecule has 0 aliphatic carbocycles. The van der Waals surface area contributed by atoms with E-state index in [4.69, 9.17) is 4.74 Å². The Morgan fingerprint density at radius 2 is 1.88 bits per heavy atom. The lowest BCUT2D eigenvalue weighted by Crippen LogP contribution is -2.37. The molecule has 0 radical (unpaired) electrons. The highest BCUT2D eigenvalue weighted by Gasteiger charge is 2.19. The van der Waals surface area contributed by atoms with Crippen LogP contribution >= 0.6 is 0 Å². The lowest BCUT2D eigenvalue weighted by atomic mass is 10.0. The highest BCUT2D eigenvalue weighted by atomic mass is 16.5. The van der Waals surface area contributed by atoms with Gasteiger partial charge in [0.1, 0.15) is 0 Å². The van der Waals surface area contributed by atoms with Crippen LogP contribution in [-0.2, 0) is 16.0 Å². The van der Waals surface area contributed by atoms with Gasteiger partial charge in [0.2, 0.25) is 5.91 Å². The van der Waals surface area contributed by atoms with Crippen molar-refractivity contribution in [2.24, 2.45) is 0 Å². The van der Waals surface area contributed by atoms with E-state index >= 15 is 0 Å². The minimum Gasteiger partial charge on any atom is -0.378 e. The molecule has 0 saturated carbocycles. The zero-order valence-corrected chi connectivity index (χ0v) is 14.5. The molecule has 6 heteroatoms. The number of hydrogen-bond donors (Lipinski definition) is 2. The van der Waals surface area contributed by atoms with Gasteiger partial charge in [0.05, 0.1) is 18.8 Å². The summed E-state index contributed by atoms with van der Waals surface area (Å²) >= 11 is 0. The minimum absolute atomic E-state index is 0.0126. The second kappa shape index (κ2) is 7.17. The average molecular weight is 351 g/mol. The van der Waals surface area contributed by atoms with Crippen molar-refractivity contribution >= 4 is 28.9 Å². The third-order valence-electron chi connectivity index (χ3n) is 4.76. The molecule has 2 aromatic carbocycles. The molecule has 134 valence electrons. The normalized spacial score (nSPS) is 16.6. The summed E-state index contributed by atoms with van der Waals surface area (Å²) in [5, 5.41) is 5.82. The highest BCUT2D eigenvalue weighted by molar-refractivity contribution is 6.08. The number of nitrogens with one attached hydrogen (secondary N) is 2. The molecule has 2 amide bonds. The summed E-state index contributed by atoms with van der Waals surface area (Å²) in [6, 6.07) is 13.3. The van der Waals surface area contributed by atoms with Crippen LogP contribution in [0.25, 0.3) is 0 Å². The van der Waals surface area contributed by atoms with Gasteiger partial charge in [-0.3, -0.25) is 9.59 Å². The van der Waals surface area contributed by atoms with Gasteiger partial charge >= 0.3 is 0 Å². The second-order valence-electron chi connectivity index (χ2n) is 6.49. The van der Waals surface area contributed by atoms with E-state index in [2.05, 4.69) is 15.5 Å². The van der Waals surface area contributed by atoms with Gasteiger partial charge in [-0.05, 0) is 36.2 Å². The SMILES string of the molecule is O=C1CCc2ccc(NC(=O)c3ccccc3N3CCOCC3)cc2N1. The number of nitrogens with zero attached hydrogens (tertiary/aromatic N) is 1. The van der Waals surface area contributed by atoms with Crippen LogP contribution in [-0.4, -0.2) is 38.1 Å². The second-order valence-corrected chi connectivity index (χ2v) is 6.49. The molecule has 0 spiro atoms. The summed E-state index contributed by atoms with van der Waals surface area (Å²) in [5.74, 6) is -0.146. The molecule has 4 rings (SSSR count).